The van der Waals surface area contributed by atoms with E-state index in [1.165, 1.54) is 0 Å². The third kappa shape index (κ3) is 3.79. The molecule has 118 valence electrons. The van der Waals surface area contributed by atoms with E-state index in [2.05, 4.69) is 10.6 Å². The van der Waals surface area contributed by atoms with Crippen LogP contribution in [-0.2, 0) is 16.1 Å². The van der Waals surface area contributed by atoms with E-state index in [0.29, 0.717) is 11.4 Å². The van der Waals surface area contributed by atoms with E-state index in [9.17, 15) is 9.59 Å². The lowest BCUT2D eigenvalue weighted by molar-refractivity contribution is -0.118. The number of amides is 2. The highest BCUT2D eigenvalue weighted by Crippen LogP contribution is 2.25. The van der Waals surface area contributed by atoms with Gasteiger partial charge in [-0.3, -0.25) is 4.79 Å². The van der Waals surface area contributed by atoms with Crippen LogP contribution in [0.15, 0.2) is 54.6 Å². The first kappa shape index (κ1) is 14.9. The van der Waals surface area contributed by atoms with Gasteiger partial charge >= 0.3 is 6.09 Å². The fourth-order valence-corrected chi connectivity index (χ4v) is 2.18. The summed E-state index contributed by atoms with van der Waals surface area (Å²) in [4.78, 5) is 24.0. The minimum atomic E-state index is -0.814. The number of hydrogen-bond acceptors (Lipinski definition) is 4. The van der Waals surface area contributed by atoms with E-state index in [4.69, 9.17) is 9.47 Å². The van der Waals surface area contributed by atoms with Crippen molar-refractivity contribution in [2.75, 3.05) is 11.9 Å². The standard InChI is InChI=1S/C17H16N2O4/c20-16-14(11-22-15-9-5-4-8-13(15)18-16)19-17(21)23-10-12-6-2-1-3-7-12/h1-9,14H,10-11H2,(H,18,20)(H,19,21)/t14-/m0/s1. The fraction of sp³-hybridized carbons (Fsp3) is 0.176. The van der Waals surface area contributed by atoms with Gasteiger partial charge in [-0.25, -0.2) is 4.79 Å². The van der Waals surface area contributed by atoms with Crippen molar-refractivity contribution in [3.05, 3.63) is 60.2 Å². The normalized spacial score (nSPS) is 16.3. The molecular formula is C17H16N2O4. The topological polar surface area (TPSA) is 76.7 Å². The fourth-order valence-electron chi connectivity index (χ4n) is 2.18. The molecule has 0 saturated carbocycles. The number of benzene rings is 2. The van der Waals surface area contributed by atoms with Gasteiger partial charge in [0.15, 0.2) is 0 Å². The van der Waals surface area contributed by atoms with Crippen LogP contribution >= 0.6 is 0 Å². The van der Waals surface area contributed by atoms with Gasteiger partial charge in [0.05, 0.1) is 5.69 Å². The molecule has 3 rings (SSSR count). The molecule has 1 heterocycles. The molecule has 1 atom stereocenters. The zero-order valence-electron chi connectivity index (χ0n) is 12.3. The van der Waals surface area contributed by atoms with Gasteiger partial charge < -0.3 is 20.1 Å². The van der Waals surface area contributed by atoms with Crippen molar-refractivity contribution in [2.45, 2.75) is 12.6 Å². The van der Waals surface area contributed by atoms with Crippen LogP contribution in [0, 0.1) is 0 Å². The molecule has 0 aliphatic carbocycles. The Morgan fingerprint density at radius 1 is 1.17 bits per heavy atom. The van der Waals surface area contributed by atoms with Gasteiger partial charge in [0.1, 0.15) is 25.0 Å². The Morgan fingerprint density at radius 2 is 1.91 bits per heavy atom. The minimum absolute atomic E-state index is 0.0449. The number of carbonyl (C=O) groups excluding carboxylic acids is 2. The Hall–Kier alpha value is -3.02. The summed E-state index contributed by atoms with van der Waals surface area (Å²) in [5.74, 6) is 0.231. The molecule has 0 unspecified atom stereocenters. The van der Waals surface area contributed by atoms with Crippen molar-refractivity contribution in [3.8, 4) is 5.75 Å². The van der Waals surface area contributed by atoms with Crippen LogP contribution < -0.4 is 15.4 Å². The van der Waals surface area contributed by atoms with Crippen molar-refractivity contribution >= 4 is 17.7 Å². The van der Waals surface area contributed by atoms with Crippen molar-refractivity contribution < 1.29 is 19.1 Å². The number of nitrogens with one attached hydrogen (secondary N) is 2. The van der Waals surface area contributed by atoms with E-state index >= 15 is 0 Å². The average molecular weight is 312 g/mol. The highest BCUT2D eigenvalue weighted by molar-refractivity contribution is 5.98. The second-order valence-corrected chi connectivity index (χ2v) is 5.06. The SMILES string of the molecule is O=C(N[C@H]1COc2ccccc2NC1=O)OCc1ccccc1. The molecule has 2 amide bonds. The summed E-state index contributed by atoms with van der Waals surface area (Å²) in [6.45, 7) is 0.186. The maximum absolute atomic E-state index is 12.1. The molecule has 1 aliphatic rings. The highest BCUT2D eigenvalue weighted by atomic mass is 16.5. The second kappa shape index (κ2) is 6.83. The molecule has 0 aromatic heterocycles. The van der Waals surface area contributed by atoms with Gasteiger partial charge in [-0.1, -0.05) is 42.5 Å². The summed E-state index contributed by atoms with van der Waals surface area (Å²) in [5.41, 5.74) is 1.45. The predicted molar refractivity (Wildman–Crippen MR) is 84.1 cm³/mol. The summed E-state index contributed by atoms with van der Waals surface area (Å²) in [6, 6.07) is 15.6. The smallest absolute Gasteiger partial charge is 0.408 e. The number of alkyl carbamates (subject to hydrolysis) is 1. The first-order valence-corrected chi connectivity index (χ1v) is 7.22. The molecule has 2 N–H and O–H groups in total. The Bertz CT molecular complexity index is 703. The Labute approximate surface area is 133 Å². The third-order valence-corrected chi connectivity index (χ3v) is 3.37. The summed E-state index contributed by atoms with van der Waals surface area (Å²) >= 11 is 0. The van der Waals surface area contributed by atoms with Gasteiger partial charge in [-0.05, 0) is 17.7 Å². The predicted octanol–water partition coefficient (Wildman–Crippen LogP) is 2.31. The summed E-state index contributed by atoms with van der Waals surface area (Å²) in [6.07, 6.45) is -0.663. The van der Waals surface area contributed by atoms with E-state index in [1.807, 2.05) is 36.4 Å². The molecule has 0 bridgehead atoms. The van der Waals surface area contributed by atoms with Gasteiger partial charge in [0.2, 0.25) is 0 Å². The van der Waals surface area contributed by atoms with Gasteiger partial charge in [0.25, 0.3) is 5.91 Å². The number of anilines is 1. The van der Waals surface area contributed by atoms with Crippen LogP contribution in [0.25, 0.3) is 0 Å². The zero-order valence-corrected chi connectivity index (χ0v) is 12.3. The third-order valence-electron chi connectivity index (χ3n) is 3.37. The monoisotopic (exact) mass is 312 g/mol. The van der Waals surface area contributed by atoms with Crippen molar-refractivity contribution in [2.24, 2.45) is 0 Å². The van der Waals surface area contributed by atoms with Crippen LogP contribution in [0.4, 0.5) is 10.5 Å². The van der Waals surface area contributed by atoms with Crippen LogP contribution in [0.3, 0.4) is 0 Å². The number of rotatable bonds is 3. The lowest BCUT2D eigenvalue weighted by Gasteiger charge is -2.14. The van der Waals surface area contributed by atoms with E-state index in [0.717, 1.165) is 5.56 Å². The van der Waals surface area contributed by atoms with Crippen LogP contribution in [-0.4, -0.2) is 24.6 Å². The summed E-state index contributed by atoms with van der Waals surface area (Å²) in [7, 11) is 0. The molecule has 0 saturated heterocycles. The van der Waals surface area contributed by atoms with Gasteiger partial charge in [0, 0.05) is 0 Å². The molecule has 6 heteroatoms. The maximum Gasteiger partial charge on any atom is 0.408 e. The van der Waals surface area contributed by atoms with E-state index < -0.39 is 12.1 Å². The van der Waals surface area contributed by atoms with Gasteiger partial charge in [-0.15, -0.1) is 0 Å². The summed E-state index contributed by atoms with van der Waals surface area (Å²) < 4.78 is 10.7. The molecule has 1 aliphatic heterocycles. The first-order valence-electron chi connectivity index (χ1n) is 7.22. The van der Waals surface area contributed by atoms with Crippen molar-refractivity contribution in [1.29, 1.82) is 0 Å². The highest BCUT2D eigenvalue weighted by Gasteiger charge is 2.26. The van der Waals surface area contributed by atoms with Crippen LogP contribution in [0.2, 0.25) is 0 Å². The number of ether oxygens (including phenoxy) is 2. The molecule has 2 aromatic rings. The molecule has 0 radical (unpaired) electrons. The van der Waals surface area contributed by atoms with Crippen molar-refractivity contribution in [1.82, 2.24) is 5.32 Å². The molecular weight excluding hydrogens is 296 g/mol. The zero-order chi connectivity index (χ0) is 16.1. The quantitative estimate of drug-likeness (QED) is 0.912. The van der Waals surface area contributed by atoms with Crippen LogP contribution in [0.1, 0.15) is 5.56 Å². The lowest BCUT2D eigenvalue weighted by atomic mass is 10.2. The van der Waals surface area contributed by atoms with E-state index in [-0.39, 0.29) is 19.1 Å². The molecule has 6 nitrogen and oxygen atoms in total. The lowest BCUT2D eigenvalue weighted by Crippen LogP contribution is -2.46. The Balaban J connectivity index is 1.56. The number of fused-ring (bicyclic) bond motifs is 1. The van der Waals surface area contributed by atoms with E-state index in [1.54, 1.807) is 18.2 Å². The van der Waals surface area contributed by atoms with Crippen LogP contribution in [0.5, 0.6) is 5.75 Å². The molecule has 23 heavy (non-hydrogen) atoms. The number of para-hydroxylation sites is 2. The number of carbonyl (C=O) groups is 2. The molecule has 2 aromatic carbocycles. The summed E-state index contributed by atoms with van der Waals surface area (Å²) in [5, 5.41) is 5.23. The largest absolute Gasteiger partial charge is 0.489 e. The van der Waals surface area contributed by atoms with Crippen molar-refractivity contribution in [3.63, 3.8) is 0 Å². The minimum Gasteiger partial charge on any atom is -0.489 e. The maximum atomic E-state index is 12.1. The number of hydrogen-bond donors (Lipinski definition) is 2. The average Bonchev–Trinajstić information content (AvgIpc) is 2.73. The molecule has 0 spiro atoms. The van der Waals surface area contributed by atoms with Gasteiger partial charge in [-0.2, -0.15) is 0 Å². The second-order valence-electron chi connectivity index (χ2n) is 5.06. The Kier molecular flexibility index (Phi) is 4.42. The first-order chi connectivity index (χ1) is 11.2. The Morgan fingerprint density at radius 3 is 2.74 bits per heavy atom. The molecule has 0 fully saturated rings.